The molecule has 0 fully saturated rings. The summed E-state index contributed by atoms with van der Waals surface area (Å²) >= 11 is 0. The molecule has 0 saturated carbocycles. The lowest BCUT2D eigenvalue weighted by molar-refractivity contribution is -0.139. The minimum absolute atomic E-state index is 0.162. The zero-order valence-electron chi connectivity index (χ0n) is 11.5. The summed E-state index contributed by atoms with van der Waals surface area (Å²) in [5, 5.41) is 11.4. The molecule has 104 valence electrons. The highest BCUT2D eigenvalue weighted by Gasteiger charge is 2.24. The van der Waals surface area contributed by atoms with Crippen LogP contribution in [0.15, 0.2) is 0 Å². The zero-order valence-corrected chi connectivity index (χ0v) is 11.5. The number of carbonyl (C=O) groups excluding carboxylic acids is 2. The Kier molecular flexibility index (Phi) is 4.47. The first-order valence-corrected chi connectivity index (χ1v) is 6.03. The standard InChI is InChI=1S/C13H18N2O4/c1-5-9(13(18)19)15-12(17)10-6(2)11(8(4)16)14-7(10)3/h9,14H,5H2,1-4H3,(H,15,17)(H,18,19). The zero-order chi connectivity index (χ0) is 14.7. The fourth-order valence-electron chi connectivity index (χ4n) is 2.01. The lowest BCUT2D eigenvalue weighted by Crippen LogP contribution is -2.40. The van der Waals surface area contributed by atoms with E-state index in [2.05, 4.69) is 10.3 Å². The fraction of sp³-hybridized carbons (Fsp3) is 0.462. The van der Waals surface area contributed by atoms with E-state index in [4.69, 9.17) is 5.11 Å². The van der Waals surface area contributed by atoms with Crippen molar-refractivity contribution in [1.82, 2.24) is 10.3 Å². The molecule has 19 heavy (non-hydrogen) atoms. The molecule has 0 aromatic carbocycles. The molecule has 0 spiro atoms. The minimum Gasteiger partial charge on any atom is -0.480 e. The third-order valence-electron chi connectivity index (χ3n) is 3.03. The monoisotopic (exact) mass is 266 g/mol. The second-order valence-corrected chi connectivity index (χ2v) is 4.45. The highest BCUT2D eigenvalue weighted by atomic mass is 16.4. The summed E-state index contributed by atoms with van der Waals surface area (Å²) < 4.78 is 0. The van der Waals surface area contributed by atoms with Crippen molar-refractivity contribution in [3.63, 3.8) is 0 Å². The van der Waals surface area contributed by atoms with Crippen molar-refractivity contribution < 1.29 is 19.5 Å². The molecule has 0 aliphatic heterocycles. The number of aryl methyl sites for hydroxylation is 1. The van der Waals surface area contributed by atoms with Crippen molar-refractivity contribution >= 4 is 17.7 Å². The number of nitrogens with one attached hydrogen (secondary N) is 2. The van der Waals surface area contributed by atoms with Crippen LogP contribution in [-0.4, -0.2) is 33.8 Å². The van der Waals surface area contributed by atoms with Crippen molar-refractivity contribution in [3.8, 4) is 0 Å². The van der Waals surface area contributed by atoms with Crippen LogP contribution in [0.25, 0.3) is 0 Å². The number of ketones is 1. The van der Waals surface area contributed by atoms with E-state index in [0.717, 1.165) is 0 Å². The predicted octanol–water partition coefficient (Wildman–Crippen LogP) is 1.43. The topological polar surface area (TPSA) is 99.3 Å². The molecule has 1 rings (SSSR count). The average molecular weight is 266 g/mol. The van der Waals surface area contributed by atoms with Crippen LogP contribution in [-0.2, 0) is 4.79 Å². The van der Waals surface area contributed by atoms with E-state index in [-0.39, 0.29) is 5.78 Å². The highest BCUT2D eigenvalue weighted by molar-refractivity contribution is 6.03. The van der Waals surface area contributed by atoms with Gasteiger partial charge < -0.3 is 15.4 Å². The third-order valence-corrected chi connectivity index (χ3v) is 3.03. The molecule has 0 aliphatic carbocycles. The molecule has 0 radical (unpaired) electrons. The summed E-state index contributed by atoms with van der Waals surface area (Å²) in [6.07, 6.45) is 0.295. The maximum Gasteiger partial charge on any atom is 0.326 e. The van der Waals surface area contributed by atoms with Gasteiger partial charge in [-0.1, -0.05) is 6.92 Å². The summed E-state index contributed by atoms with van der Waals surface area (Å²) in [4.78, 5) is 37.2. The number of amides is 1. The second-order valence-electron chi connectivity index (χ2n) is 4.45. The lowest BCUT2D eigenvalue weighted by Gasteiger charge is -2.12. The van der Waals surface area contributed by atoms with E-state index < -0.39 is 17.9 Å². The quantitative estimate of drug-likeness (QED) is 0.702. The van der Waals surface area contributed by atoms with Gasteiger partial charge in [0.15, 0.2) is 5.78 Å². The maximum atomic E-state index is 12.1. The molecule has 3 N–H and O–H groups in total. The van der Waals surface area contributed by atoms with Crippen molar-refractivity contribution in [2.75, 3.05) is 0 Å². The number of carboxylic acids is 1. The molecular formula is C13H18N2O4. The van der Waals surface area contributed by atoms with Crippen LogP contribution < -0.4 is 5.32 Å². The lowest BCUT2D eigenvalue weighted by atomic mass is 10.1. The first-order chi connectivity index (χ1) is 8.79. The van der Waals surface area contributed by atoms with E-state index in [9.17, 15) is 14.4 Å². The Labute approximate surface area is 111 Å². The van der Waals surface area contributed by atoms with Gasteiger partial charge in [0.2, 0.25) is 0 Å². The van der Waals surface area contributed by atoms with Gasteiger partial charge in [-0.25, -0.2) is 4.79 Å². The maximum absolute atomic E-state index is 12.1. The number of carbonyl (C=O) groups is 3. The number of aliphatic carboxylic acids is 1. The highest BCUT2D eigenvalue weighted by Crippen LogP contribution is 2.18. The smallest absolute Gasteiger partial charge is 0.326 e. The van der Waals surface area contributed by atoms with Gasteiger partial charge in [0.05, 0.1) is 11.3 Å². The predicted molar refractivity (Wildman–Crippen MR) is 69.5 cm³/mol. The minimum atomic E-state index is -1.08. The van der Waals surface area contributed by atoms with Crippen LogP contribution in [0.3, 0.4) is 0 Å². The van der Waals surface area contributed by atoms with Crippen molar-refractivity contribution in [3.05, 3.63) is 22.5 Å². The van der Waals surface area contributed by atoms with Crippen LogP contribution in [0.2, 0.25) is 0 Å². The number of H-pyrrole nitrogens is 1. The average Bonchev–Trinajstić information content (AvgIpc) is 2.61. The first-order valence-electron chi connectivity index (χ1n) is 6.03. The van der Waals surface area contributed by atoms with Gasteiger partial charge in [0, 0.05) is 12.6 Å². The van der Waals surface area contributed by atoms with Gasteiger partial charge in [-0.3, -0.25) is 9.59 Å². The van der Waals surface area contributed by atoms with Crippen LogP contribution in [0.4, 0.5) is 0 Å². The molecular weight excluding hydrogens is 248 g/mol. The number of rotatable bonds is 5. The summed E-state index contributed by atoms with van der Waals surface area (Å²) in [6, 6.07) is -0.929. The van der Waals surface area contributed by atoms with E-state index in [1.165, 1.54) is 6.92 Å². The van der Waals surface area contributed by atoms with Crippen LogP contribution in [0, 0.1) is 13.8 Å². The number of carboxylic acid groups (broad SMARTS) is 1. The molecule has 1 aromatic heterocycles. The van der Waals surface area contributed by atoms with Gasteiger partial charge in [-0.15, -0.1) is 0 Å². The Balaban J connectivity index is 3.07. The number of aromatic nitrogens is 1. The number of aromatic amines is 1. The van der Waals surface area contributed by atoms with E-state index in [0.29, 0.717) is 28.9 Å². The van der Waals surface area contributed by atoms with E-state index in [1.54, 1.807) is 20.8 Å². The first kappa shape index (κ1) is 14.9. The normalized spacial score (nSPS) is 12.0. The van der Waals surface area contributed by atoms with Gasteiger partial charge >= 0.3 is 5.97 Å². The van der Waals surface area contributed by atoms with Crippen molar-refractivity contribution in [2.24, 2.45) is 0 Å². The fourth-order valence-corrected chi connectivity index (χ4v) is 2.01. The van der Waals surface area contributed by atoms with Gasteiger partial charge in [-0.05, 0) is 25.8 Å². The summed E-state index contributed by atoms with van der Waals surface area (Å²) in [5.41, 5.74) is 1.82. The van der Waals surface area contributed by atoms with Gasteiger partial charge in [0.1, 0.15) is 6.04 Å². The molecule has 1 atom stereocenters. The molecule has 6 heteroatoms. The molecule has 1 unspecified atom stereocenters. The molecule has 0 bridgehead atoms. The SMILES string of the molecule is CCC(NC(=O)c1c(C)[nH]c(C(C)=O)c1C)C(=O)O. The molecule has 1 aromatic rings. The molecule has 1 amide bonds. The van der Waals surface area contributed by atoms with Crippen LogP contribution in [0.5, 0.6) is 0 Å². The number of hydrogen-bond acceptors (Lipinski definition) is 3. The number of Topliss-reactive ketones (excluding diaryl/α,β-unsaturated/α-hetero) is 1. The number of hydrogen-bond donors (Lipinski definition) is 3. The van der Waals surface area contributed by atoms with E-state index in [1.807, 2.05) is 0 Å². The van der Waals surface area contributed by atoms with Gasteiger partial charge in [0.25, 0.3) is 5.91 Å². The molecule has 1 heterocycles. The van der Waals surface area contributed by atoms with Gasteiger partial charge in [-0.2, -0.15) is 0 Å². The molecule has 6 nitrogen and oxygen atoms in total. The molecule has 0 saturated heterocycles. The Morgan fingerprint density at radius 3 is 2.26 bits per heavy atom. The van der Waals surface area contributed by atoms with Crippen LogP contribution >= 0.6 is 0 Å². The Bertz CT molecular complexity index is 531. The Hall–Kier alpha value is -2.11. The second kappa shape index (κ2) is 5.69. The van der Waals surface area contributed by atoms with Crippen LogP contribution in [0.1, 0.15) is 52.4 Å². The molecule has 0 aliphatic rings. The van der Waals surface area contributed by atoms with Crippen molar-refractivity contribution in [1.29, 1.82) is 0 Å². The Morgan fingerprint density at radius 1 is 1.32 bits per heavy atom. The third kappa shape index (κ3) is 3.01. The summed E-state index contributed by atoms with van der Waals surface area (Å²) in [6.45, 7) is 6.43. The van der Waals surface area contributed by atoms with E-state index >= 15 is 0 Å². The Morgan fingerprint density at radius 2 is 1.89 bits per heavy atom. The summed E-state index contributed by atoms with van der Waals surface area (Å²) in [5.74, 6) is -1.72. The summed E-state index contributed by atoms with van der Waals surface area (Å²) in [7, 11) is 0. The largest absolute Gasteiger partial charge is 0.480 e. The van der Waals surface area contributed by atoms with Crippen molar-refractivity contribution in [2.45, 2.75) is 40.2 Å².